The van der Waals surface area contributed by atoms with E-state index in [1.807, 2.05) is 0 Å². The SMILES string of the molecule is CCC(=O)c1ccc(C(F)(F)F)c(OC)c1. The number of methoxy groups -OCH3 is 1. The quantitative estimate of drug-likeness (QED) is 0.747. The van der Waals surface area contributed by atoms with Gasteiger partial charge in [0.1, 0.15) is 5.75 Å². The lowest BCUT2D eigenvalue weighted by molar-refractivity contribution is -0.138. The predicted molar refractivity (Wildman–Crippen MR) is 52.6 cm³/mol. The molecule has 0 radical (unpaired) electrons. The maximum Gasteiger partial charge on any atom is 0.419 e. The van der Waals surface area contributed by atoms with Gasteiger partial charge in [-0.05, 0) is 12.1 Å². The van der Waals surface area contributed by atoms with Crippen LogP contribution in [-0.2, 0) is 6.18 Å². The number of carbonyl (C=O) groups excluding carboxylic acids is 1. The summed E-state index contributed by atoms with van der Waals surface area (Å²) >= 11 is 0. The number of halogens is 3. The van der Waals surface area contributed by atoms with Gasteiger partial charge in [0.15, 0.2) is 5.78 Å². The van der Waals surface area contributed by atoms with E-state index in [4.69, 9.17) is 0 Å². The third-order valence-corrected chi connectivity index (χ3v) is 2.15. The molecule has 0 aromatic heterocycles. The molecule has 0 aliphatic rings. The number of Topliss-reactive ketones (excluding diaryl/α,β-unsaturated/α-hetero) is 1. The van der Waals surface area contributed by atoms with Crippen molar-refractivity contribution in [2.75, 3.05) is 7.11 Å². The molecule has 88 valence electrons. The van der Waals surface area contributed by atoms with Crippen LogP contribution in [-0.4, -0.2) is 12.9 Å². The molecule has 0 fully saturated rings. The smallest absolute Gasteiger partial charge is 0.419 e. The van der Waals surface area contributed by atoms with Gasteiger partial charge in [0.05, 0.1) is 12.7 Å². The number of ketones is 1. The van der Waals surface area contributed by atoms with E-state index in [0.717, 1.165) is 25.3 Å². The second kappa shape index (κ2) is 4.55. The van der Waals surface area contributed by atoms with Gasteiger partial charge >= 0.3 is 6.18 Å². The van der Waals surface area contributed by atoms with Crippen molar-refractivity contribution in [1.29, 1.82) is 0 Å². The topological polar surface area (TPSA) is 26.3 Å². The first-order valence-corrected chi connectivity index (χ1v) is 4.68. The van der Waals surface area contributed by atoms with Gasteiger partial charge in [0, 0.05) is 12.0 Å². The van der Waals surface area contributed by atoms with Gasteiger partial charge in [-0.2, -0.15) is 13.2 Å². The van der Waals surface area contributed by atoms with Crippen LogP contribution in [0.1, 0.15) is 29.3 Å². The van der Waals surface area contributed by atoms with Crippen LogP contribution in [0.4, 0.5) is 13.2 Å². The zero-order valence-corrected chi connectivity index (χ0v) is 8.89. The minimum atomic E-state index is -4.47. The second-order valence-electron chi connectivity index (χ2n) is 3.19. The van der Waals surface area contributed by atoms with Crippen molar-refractivity contribution in [3.05, 3.63) is 29.3 Å². The van der Waals surface area contributed by atoms with Gasteiger partial charge in [-0.1, -0.05) is 13.0 Å². The minimum Gasteiger partial charge on any atom is -0.496 e. The van der Waals surface area contributed by atoms with Gasteiger partial charge in [0.25, 0.3) is 0 Å². The number of ether oxygens (including phenoxy) is 1. The molecule has 0 N–H and O–H groups in total. The molecule has 0 atom stereocenters. The van der Waals surface area contributed by atoms with Crippen molar-refractivity contribution < 1.29 is 22.7 Å². The zero-order valence-electron chi connectivity index (χ0n) is 8.89. The van der Waals surface area contributed by atoms with E-state index >= 15 is 0 Å². The summed E-state index contributed by atoms with van der Waals surface area (Å²) in [6, 6.07) is 3.15. The monoisotopic (exact) mass is 232 g/mol. The molecular weight excluding hydrogens is 221 g/mol. The molecule has 0 saturated heterocycles. The van der Waals surface area contributed by atoms with Crippen molar-refractivity contribution in [1.82, 2.24) is 0 Å². The van der Waals surface area contributed by atoms with Gasteiger partial charge in [-0.3, -0.25) is 4.79 Å². The van der Waals surface area contributed by atoms with Crippen LogP contribution in [0.15, 0.2) is 18.2 Å². The molecule has 16 heavy (non-hydrogen) atoms. The first kappa shape index (κ1) is 12.5. The zero-order chi connectivity index (χ0) is 12.3. The van der Waals surface area contributed by atoms with Crippen molar-refractivity contribution in [2.24, 2.45) is 0 Å². The lowest BCUT2D eigenvalue weighted by atomic mass is 10.1. The Hall–Kier alpha value is -1.52. The Balaban J connectivity index is 3.22. The fourth-order valence-electron chi connectivity index (χ4n) is 1.30. The van der Waals surface area contributed by atoms with Crippen LogP contribution in [0.2, 0.25) is 0 Å². The molecule has 0 spiro atoms. The van der Waals surface area contributed by atoms with Gasteiger partial charge in [0.2, 0.25) is 0 Å². The molecule has 1 aromatic carbocycles. The summed E-state index contributed by atoms with van der Waals surface area (Å²) in [5.74, 6) is -0.543. The first-order valence-electron chi connectivity index (χ1n) is 4.68. The highest BCUT2D eigenvalue weighted by atomic mass is 19.4. The van der Waals surface area contributed by atoms with Crippen molar-refractivity contribution in [3.8, 4) is 5.75 Å². The van der Waals surface area contributed by atoms with Gasteiger partial charge < -0.3 is 4.74 Å². The fourth-order valence-corrected chi connectivity index (χ4v) is 1.30. The van der Waals surface area contributed by atoms with E-state index in [0.29, 0.717) is 0 Å². The Morgan fingerprint density at radius 1 is 1.38 bits per heavy atom. The standard InChI is InChI=1S/C11H11F3O2/c1-3-9(15)7-4-5-8(11(12,13)14)10(6-7)16-2/h4-6H,3H2,1-2H3. The molecule has 2 nitrogen and oxygen atoms in total. The number of carbonyl (C=O) groups is 1. The largest absolute Gasteiger partial charge is 0.496 e. The Bertz CT molecular complexity index is 397. The number of alkyl halides is 3. The molecule has 0 aliphatic carbocycles. The molecule has 0 bridgehead atoms. The Morgan fingerprint density at radius 2 is 2.00 bits per heavy atom. The van der Waals surface area contributed by atoms with E-state index in [1.165, 1.54) is 0 Å². The normalized spacial score (nSPS) is 11.3. The molecule has 0 saturated carbocycles. The average Bonchev–Trinajstić information content (AvgIpc) is 2.25. The molecule has 1 aromatic rings. The van der Waals surface area contributed by atoms with Gasteiger partial charge in [-0.25, -0.2) is 0 Å². The van der Waals surface area contributed by atoms with E-state index in [2.05, 4.69) is 4.74 Å². The van der Waals surface area contributed by atoms with Crippen LogP contribution in [0.5, 0.6) is 5.75 Å². The molecule has 0 heterocycles. The van der Waals surface area contributed by atoms with Crippen LogP contribution < -0.4 is 4.74 Å². The van der Waals surface area contributed by atoms with E-state index in [1.54, 1.807) is 6.92 Å². The Kier molecular flexibility index (Phi) is 3.57. The summed E-state index contributed by atoms with van der Waals surface area (Å²) in [5, 5.41) is 0. The maximum absolute atomic E-state index is 12.5. The van der Waals surface area contributed by atoms with E-state index in [9.17, 15) is 18.0 Å². The van der Waals surface area contributed by atoms with E-state index < -0.39 is 11.7 Å². The molecule has 1 rings (SSSR count). The summed E-state index contributed by atoms with van der Waals surface area (Å²) in [6.07, 6.45) is -4.23. The Morgan fingerprint density at radius 3 is 2.44 bits per heavy atom. The molecule has 5 heteroatoms. The average molecular weight is 232 g/mol. The predicted octanol–water partition coefficient (Wildman–Crippen LogP) is 3.31. The summed E-state index contributed by atoms with van der Waals surface area (Å²) in [5.41, 5.74) is -0.644. The summed E-state index contributed by atoms with van der Waals surface area (Å²) in [6.45, 7) is 1.65. The molecular formula is C11H11F3O2. The summed E-state index contributed by atoms with van der Waals surface area (Å²) < 4.78 is 42.1. The molecule has 0 amide bonds. The van der Waals surface area contributed by atoms with Crippen molar-refractivity contribution in [3.63, 3.8) is 0 Å². The van der Waals surface area contributed by atoms with Crippen LogP contribution in [0.25, 0.3) is 0 Å². The van der Waals surface area contributed by atoms with Crippen LogP contribution >= 0.6 is 0 Å². The van der Waals surface area contributed by atoms with Crippen LogP contribution in [0.3, 0.4) is 0 Å². The van der Waals surface area contributed by atoms with Crippen molar-refractivity contribution in [2.45, 2.75) is 19.5 Å². The molecule has 0 unspecified atom stereocenters. The highest BCUT2D eigenvalue weighted by Crippen LogP contribution is 2.36. The van der Waals surface area contributed by atoms with Gasteiger partial charge in [-0.15, -0.1) is 0 Å². The van der Waals surface area contributed by atoms with Crippen molar-refractivity contribution >= 4 is 5.78 Å². The number of benzene rings is 1. The Labute approximate surface area is 91.0 Å². The number of hydrogen-bond donors (Lipinski definition) is 0. The second-order valence-corrected chi connectivity index (χ2v) is 3.19. The molecule has 0 aliphatic heterocycles. The highest BCUT2D eigenvalue weighted by Gasteiger charge is 2.34. The highest BCUT2D eigenvalue weighted by molar-refractivity contribution is 5.96. The maximum atomic E-state index is 12.5. The lowest BCUT2D eigenvalue weighted by Gasteiger charge is -2.12. The lowest BCUT2D eigenvalue weighted by Crippen LogP contribution is -2.08. The number of hydrogen-bond acceptors (Lipinski definition) is 2. The first-order chi connectivity index (χ1) is 7.40. The summed E-state index contributed by atoms with van der Waals surface area (Å²) in [4.78, 5) is 11.3. The third kappa shape index (κ3) is 2.53. The van der Waals surface area contributed by atoms with Crippen LogP contribution in [0, 0.1) is 0 Å². The minimum absolute atomic E-state index is 0.216. The summed E-state index contributed by atoms with van der Waals surface area (Å²) in [7, 11) is 1.14. The number of rotatable bonds is 3. The third-order valence-electron chi connectivity index (χ3n) is 2.15. The fraction of sp³-hybridized carbons (Fsp3) is 0.364. The van der Waals surface area contributed by atoms with E-state index in [-0.39, 0.29) is 23.5 Å².